The number of carbonyl (C=O) groups excluding carboxylic acids is 1. The van der Waals surface area contributed by atoms with Gasteiger partial charge in [0, 0.05) is 7.05 Å². The Bertz CT molecular complexity index is 561. The molecule has 1 fully saturated rings. The molecule has 16 heavy (non-hydrogen) atoms. The summed E-state index contributed by atoms with van der Waals surface area (Å²) in [5, 5.41) is 2.75. The number of aromatic nitrogens is 2. The Balaban J connectivity index is 2.02. The summed E-state index contributed by atoms with van der Waals surface area (Å²) in [5.41, 5.74) is 3.03. The van der Waals surface area contributed by atoms with Gasteiger partial charge in [-0.1, -0.05) is 6.07 Å². The Morgan fingerprint density at radius 3 is 3.19 bits per heavy atom. The van der Waals surface area contributed by atoms with Crippen molar-refractivity contribution in [1.29, 1.82) is 0 Å². The number of hydrogen-bond acceptors (Lipinski definition) is 3. The summed E-state index contributed by atoms with van der Waals surface area (Å²) in [5.74, 6) is 0. The molecule has 82 valence electrons. The second-order valence-electron chi connectivity index (χ2n) is 3.90. The first-order valence-corrected chi connectivity index (χ1v) is 5.08. The number of nitrogens with zero attached hydrogens (tertiary/aromatic N) is 2. The van der Waals surface area contributed by atoms with Crippen molar-refractivity contribution in [3.8, 4) is 0 Å². The summed E-state index contributed by atoms with van der Waals surface area (Å²) < 4.78 is 6.82. The van der Waals surface area contributed by atoms with Crippen LogP contribution in [0.15, 0.2) is 24.5 Å². The minimum Gasteiger partial charge on any atom is -0.447 e. The minimum atomic E-state index is -0.355. The number of imidazole rings is 1. The monoisotopic (exact) mass is 217 g/mol. The van der Waals surface area contributed by atoms with Gasteiger partial charge in [-0.25, -0.2) is 9.78 Å². The smallest absolute Gasteiger partial charge is 0.407 e. The predicted molar refractivity (Wildman–Crippen MR) is 57.9 cm³/mol. The number of hydrogen-bond donors (Lipinski definition) is 1. The predicted octanol–water partition coefficient (Wildman–Crippen LogP) is 1.35. The van der Waals surface area contributed by atoms with Crippen LogP contribution in [0.4, 0.5) is 4.79 Å². The van der Waals surface area contributed by atoms with Gasteiger partial charge in [-0.15, -0.1) is 0 Å². The molecule has 1 aliphatic heterocycles. The number of amides is 1. The number of fused-ring (bicyclic) bond motifs is 1. The molecule has 1 unspecified atom stereocenters. The lowest BCUT2D eigenvalue weighted by Crippen LogP contribution is -2.18. The Labute approximate surface area is 92.0 Å². The van der Waals surface area contributed by atoms with E-state index in [1.165, 1.54) is 0 Å². The molecule has 3 rings (SSSR count). The fourth-order valence-electron chi connectivity index (χ4n) is 1.93. The molecule has 0 spiro atoms. The van der Waals surface area contributed by atoms with Gasteiger partial charge in [0.15, 0.2) is 0 Å². The van der Waals surface area contributed by atoms with Crippen molar-refractivity contribution in [2.45, 2.75) is 6.04 Å². The van der Waals surface area contributed by atoms with Crippen LogP contribution >= 0.6 is 0 Å². The highest BCUT2D eigenvalue weighted by atomic mass is 16.6. The Morgan fingerprint density at radius 1 is 1.56 bits per heavy atom. The number of nitrogens with one attached hydrogen (secondary N) is 1. The third-order valence-electron chi connectivity index (χ3n) is 2.83. The summed E-state index contributed by atoms with van der Waals surface area (Å²) in [6.07, 6.45) is 1.42. The number of rotatable bonds is 1. The topological polar surface area (TPSA) is 56.2 Å². The molecule has 5 nitrogen and oxygen atoms in total. The van der Waals surface area contributed by atoms with Gasteiger partial charge in [0.2, 0.25) is 0 Å². The molecule has 1 atom stereocenters. The number of ether oxygens (including phenoxy) is 1. The van der Waals surface area contributed by atoms with Crippen molar-refractivity contribution in [2.24, 2.45) is 7.05 Å². The molecule has 5 heteroatoms. The molecular weight excluding hydrogens is 206 g/mol. The van der Waals surface area contributed by atoms with E-state index in [4.69, 9.17) is 4.74 Å². The van der Waals surface area contributed by atoms with E-state index in [2.05, 4.69) is 10.3 Å². The van der Waals surface area contributed by atoms with Crippen molar-refractivity contribution in [1.82, 2.24) is 14.9 Å². The number of carbonyl (C=O) groups is 1. The van der Waals surface area contributed by atoms with Crippen LogP contribution in [0, 0.1) is 0 Å². The first-order chi connectivity index (χ1) is 7.74. The van der Waals surface area contributed by atoms with E-state index in [0.29, 0.717) is 6.61 Å². The van der Waals surface area contributed by atoms with Gasteiger partial charge >= 0.3 is 6.09 Å². The van der Waals surface area contributed by atoms with Crippen LogP contribution in [0.5, 0.6) is 0 Å². The summed E-state index contributed by atoms with van der Waals surface area (Å²) in [6, 6.07) is 5.92. The maximum atomic E-state index is 10.9. The zero-order valence-electron chi connectivity index (χ0n) is 8.80. The molecule has 0 bridgehead atoms. The second kappa shape index (κ2) is 3.23. The molecule has 1 amide bonds. The number of aryl methyl sites for hydroxylation is 1. The highest BCUT2D eigenvalue weighted by Gasteiger charge is 2.23. The summed E-state index contributed by atoms with van der Waals surface area (Å²) in [4.78, 5) is 15.2. The molecule has 2 aromatic rings. The van der Waals surface area contributed by atoms with E-state index in [1.54, 1.807) is 6.33 Å². The normalized spacial score (nSPS) is 19.8. The molecule has 0 radical (unpaired) electrons. The van der Waals surface area contributed by atoms with Crippen LogP contribution in [0.1, 0.15) is 11.6 Å². The van der Waals surface area contributed by atoms with Gasteiger partial charge in [0.1, 0.15) is 6.61 Å². The molecule has 2 heterocycles. The van der Waals surface area contributed by atoms with E-state index in [1.807, 2.05) is 29.8 Å². The van der Waals surface area contributed by atoms with Crippen molar-refractivity contribution in [2.75, 3.05) is 6.61 Å². The fourth-order valence-corrected chi connectivity index (χ4v) is 1.93. The molecule has 1 aromatic carbocycles. The average Bonchev–Trinajstić information content (AvgIpc) is 2.86. The quantitative estimate of drug-likeness (QED) is 0.784. The summed E-state index contributed by atoms with van der Waals surface area (Å²) >= 11 is 0. The maximum absolute atomic E-state index is 10.9. The van der Waals surface area contributed by atoms with E-state index in [0.717, 1.165) is 16.6 Å². The number of benzene rings is 1. The molecule has 1 N–H and O–H groups in total. The lowest BCUT2D eigenvalue weighted by molar-refractivity contribution is 0.177. The van der Waals surface area contributed by atoms with E-state index < -0.39 is 0 Å². The molecule has 0 aliphatic carbocycles. The van der Waals surface area contributed by atoms with Crippen LogP contribution < -0.4 is 5.32 Å². The third-order valence-corrected chi connectivity index (χ3v) is 2.83. The Kier molecular flexibility index (Phi) is 1.86. The van der Waals surface area contributed by atoms with Gasteiger partial charge in [0.25, 0.3) is 0 Å². The molecule has 1 aromatic heterocycles. The zero-order valence-corrected chi connectivity index (χ0v) is 8.80. The molecule has 0 saturated carbocycles. The first kappa shape index (κ1) is 9.21. The standard InChI is InChI=1S/C11H11N3O2/c1-14-6-12-8-4-7(2-3-10(8)14)9-5-16-11(15)13-9/h2-4,6,9H,5H2,1H3,(H,13,15). The average molecular weight is 217 g/mol. The van der Waals surface area contributed by atoms with Gasteiger partial charge in [-0.3, -0.25) is 0 Å². The van der Waals surface area contributed by atoms with Crippen LogP contribution in [-0.2, 0) is 11.8 Å². The lowest BCUT2D eigenvalue weighted by atomic mass is 10.1. The highest BCUT2D eigenvalue weighted by Crippen LogP contribution is 2.22. The van der Waals surface area contributed by atoms with Crippen molar-refractivity contribution in [3.63, 3.8) is 0 Å². The van der Waals surface area contributed by atoms with Gasteiger partial charge in [-0.2, -0.15) is 0 Å². The number of cyclic esters (lactones) is 1. The first-order valence-electron chi connectivity index (χ1n) is 5.08. The van der Waals surface area contributed by atoms with Crippen molar-refractivity contribution in [3.05, 3.63) is 30.1 Å². The van der Waals surface area contributed by atoms with Crippen LogP contribution in [0.25, 0.3) is 11.0 Å². The van der Waals surface area contributed by atoms with Crippen molar-refractivity contribution >= 4 is 17.1 Å². The second-order valence-corrected chi connectivity index (χ2v) is 3.90. The van der Waals surface area contributed by atoms with E-state index in [-0.39, 0.29) is 12.1 Å². The highest BCUT2D eigenvalue weighted by molar-refractivity contribution is 5.77. The third kappa shape index (κ3) is 1.32. The van der Waals surface area contributed by atoms with Crippen LogP contribution in [0.2, 0.25) is 0 Å². The van der Waals surface area contributed by atoms with Gasteiger partial charge < -0.3 is 14.6 Å². The SMILES string of the molecule is Cn1cnc2cc(C3COC(=O)N3)ccc21. The van der Waals surface area contributed by atoms with E-state index >= 15 is 0 Å². The minimum absolute atomic E-state index is 0.0566. The van der Waals surface area contributed by atoms with Crippen molar-refractivity contribution < 1.29 is 9.53 Å². The van der Waals surface area contributed by atoms with E-state index in [9.17, 15) is 4.79 Å². The van der Waals surface area contributed by atoms with Crippen LogP contribution in [-0.4, -0.2) is 22.3 Å². The largest absolute Gasteiger partial charge is 0.447 e. The number of alkyl carbamates (subject to hydrolysis) is 1. The Hall–Kier alpha value is -2.04. The maximum Gasteiger partial charge on any atom is 0.407 e. The Morgan fingerprint density at radius 2 is 2.44 bits per heavy atom. The molecule has 1 aliphatic rings. The lowest BCUT2D eigenvalue weighted by Gasteiger charge is -2.07. The molecule has 1 saturated heterocycles. The van der Waals surface area contributed by atoms with Crippen LogP contribution in [0.3, 0.4) is 0 Å². The van der Waals surface area contributed by atoms with Gasteiger partial charge in [-0.05, 0) is 17.7 Å². The van der Waals surface area contributed by atoms with Gasteiger partial charge in [0.05, 0.1) is 23.4 Å². The summed E-state index contributed by atoms with van der Waals surface area (Å²) in [7, 11) is 1.95. The summed E-state index contributed by atoms with van der Waals surface area (Å²) in [6.45, 7) is 0.386. The molecular formula is C11H11N3O2. The fraction of sp³-hybridized carbons (Fsp3) is 0.273. The zero-order chi connectivity index (χ0) is 11.1.